The number of aliphatic hydroxyl groups is 1. The molecule has 0 spiro atoms. The minimum atomic E-state index is -0.762. The van der Waals surface area contributed by atoms with Gasteiger partial charge in [0.15, 0.2) is 0 Å². The van der Waals surface area contributed by atoms with E-state index in [0.29, 0.717) is 61.7 Å². The van der Waals surface area contributed by atoms with Crippen LogP contribution in [0.5, 0.6) is 5.88 Å². The van der Waals surface area contributed by atoms with Crippen LogP contribution in [0.4, 0.5) is 4.39 Å². The smallest absolute Gasteiger partial charge is 0.251 e. The number of carbonyl (C=O) groups excluding carboxylic acids is 1. The van der Waals surface area contributed by atoms with Gasteiger partial charge < -0.3 is 33.9 Å². The first-order chi connectivity index (χ1) is 24.2. The third-order valence-electron chi connectivity index (χ3n) is 9.87. The number of carbonyl (C=O) groups is 1. The largest absolute Gasteiger partial charge is 0.473 e. The number of hydrogen-bond acceptors (Lipinski definition) is 10. The maximum absolute atomic E-state index is 14.4. The topological polar surface area (TPSA) is 144 Å². The summed E-state index contributed by atoms with van der Waals surface area (Å²) in [5.41, 5.74) is 2.18. The van der Waals surface area contributed by atoms with Crippen molar-refractivity contribution in [2.45, 2.75) is 76.2 Å². The molecule has 50 heavy (non-hydrogen) atoms. The fourth-order valence-corrected chi connectivity index (χ4v) is 6.85. The second kappa shape index (κ2) is 14.0. The Hall–Kier alpha value is -4.45. The van der Waals surface area contributed by atoms with Crippen molar-refractivity contribution in [3.63, 3.8) is 0 Å². The molecule has 4 aromatic rings. The third-order valence-corrected chi connectivity index (χ3v) is 9.87. The van der Waals surface area contributed by atoms with Gasteiger partial charge in [-0.05, 0) is 69.5 Å². The Morgan fingerprint density at radius 2 is 2.06 bits per heavy atom. The van der Waals surface area contributed by atoms with Crippen molar-refractivity contribution in [3.8, 4) is 11.9 Å². The van der Waals surface area contributed by atoms with E-state index in [2.05, 4.69) is 14.8 Å². The monoisotopic (exact) mass is 684 g/mol. The highest BCUT2D eigenvalue weighted by Crippen LogP contribution is 2.42. The number of nitrogens with zero attached hydrogens (tertiary/aromatic N) is 5. The highest BCUT2D eigenvalue weighted by atomic mass is 19.1. The van der Waals surface area contributed by atoms with Gasteiger partial charge in [0.25, 0.3) is 5.91 Å². The van der Waals surface area contributed by atoms with E-state index in [1.54, 1.807) is 24.3 Å². The minimum Gasteiger partial charge on any atom is -0.473 e. The Morgan fingerprint density at radius 3 is 2.82 bits per heavy atom. The zero-order chi connectivity index (χ0) is 34.9. The number of benzene rings is 2. The quantitative estimate of drug-likeness (QED) is 0.223. The number of piperidine rings is 1. The minimum absolute atomic E-state index is 0.0138. The molecule has 0 unspecified atom stereocenters. The molecule has 2 aromatic carbocycles. The Kier molecular flexibility index (Phi) is 9.56. The lowest BCUT2D eigenvalue weighted by molar-refractivity contribution is -0.0609. The van der Waals surface area contributed by atoms with Crippen molar-refractivity contribution < 1.29 is 33.2 Å². The number of imidazole rings is 1. The van der Waals surface area contributed by atoms with Gasteiger partial charge in [-0.1, -0.05) is 12.1 Å². The van der Waals surface area contributed by atoms with Crippen molar-refractivity contribution in [3.05, 3.63) is 88.6 Å². The average Bonchev–Trinajstić information content (AvgIpc) is 3.66. The highest BCUT2D eigenvalue weighted by molar-refractivity contribution is 5.97. The van der Waals surface area contributed by atoms with E-state index < -0.39 is 17.0 Å². The van der Waals surface area contributed by atoms with E-state index in [0.717, 1.165) is 29.9 Å². The fraction of sp³-hybridized carbons (Fsp3) is 0.459. The van der Waals surface area contributed by atoms with Gasteiger partial charge in [-0.3, -0.25) is 9.69 Å². The van der Waals surface area contributed by atoms with E-state index in [-0.39, 0.29) is 43.7 Å². The van der Waals surface area contributed by atoms with E-state index in [1.807, 2.05) is 44.2 Å². The number of amides is 1. The molecular formula is C37H41FN6O6. The molecule has 3 saturated heterocycles. The van der Waals surface area contributed by atoms with E-state index in [4.69, 9.17) is 34.2 Å². The standard InChI is InChI=1S/C37H41FN6O6/c1-36(2,12-14-45)42-35(46)25-8-9-29-30(17-25)44(19-27-10-15-47-27)33(40-29)21-43-13-11-37(32(20-43)49-23-50-37)31-4-3-5-34(41-31)48-22-26-7-6-24(18-39)16-28(26)38/h3-9,16-17,27,32,45H,10-15,19-23H2,1-2H3,(H,42,46)/t27-,32+,37+/m0/s1. The average molecular weight is 685 g/mol. The molecule has 3 aliphatic rings. The molecule has 0 saturated carbocycles. The van der Waals surface area contributed by atoms with Gasteiger partial charge in [-0.15, -0.1) is 0 Å². The van der Waals surface area contributed by atoms with Crippen LogP contribution in [0.1, 0.15) is 66.1 Å². The third kappa shape index (κ3) is 6.95. The molecule has 12 nitrogen and oxygen atoms in total. The van der Waals surface area contributed by atoms with Gasteiger partial charge in [-0.25, -0.2) is 14.4 Å². The summed E-state index contributed by atoms with van der Waals surface area (Å²) in [5.74, 6) is 0.518. The van der Waals surface area contributed by atoms with E-state index in [9.17, 15) is 14.3 Å². The summed E-state index contributed by atoms with van der Waals surface area (Å²) < 4.78 is 40.7. The number of pyridine rings is 1. The summed E-state index contributed by atoms with van der Waals surface area (Å²) >= 11 is 0. The van der Waals surface area contributed by atoms with Crippen LogP contribution < -0.4 is 10.1 Å². The van der Waals surface area contributed by atoms with Gasteiger partial charge in [0.2, 0.25) is 5.88 Å². The second-order valence-corrected chi connectivity index (χ2v) is 13.8. The van der Waals surface area contributed by atoms with Crippen LogP contribution in [-0.4, -0.2) is 81.3 Å². The van der Waals surface area contributed by atoms with Gasteiger partial charge in [0.05, 0.1) is 47.6 Å². The molecule has 2 aromatic heterocycles. The van der Waals surface area contributed by atoms with Crippen LogP contribution in [0.2, 0.25) is 0 Å². The molecule has 13 heteroatoms. The number of ether oxygens (including phenoxy) is 4. The molecule has 7 rings (SSSR count). The number of aliphatic hydroxyl groups excluding tert-OH is 1. The summed E-state index contributed by atoms with van der Waals surface area (Å²) in [6, 6.07) is 17.3. The number of likely N-dealkylation sites (tertiary alicyclic amines) is 1. The molecule has 5 heterocycles. The zero-order valence-corrected chi connectivity index (χ0v) is 28.2. The van der Waals surface area contributed by atoms with Crippen molar-refractivity contribution in [2.75, 3.05) is 33.1 Å². The number of fused-ring (bicyclic) bond motifs is 2. The van der Waals surface area contributed by atoms with E-state index >= 15 is 0 Å². The molecule has 3 atom stereocenters. The summed E-state index contributed by atoms with van der Waals surface area (Å²) in [5, 5.41) is 21.5. The predicted molar refractivity (Wildman–Crippen MR) is 179 cm³/mol. The molecule has 262 valence electrons. The van der Waals surface area contributed by atoms with Crippen molar-refractivity contribution >= 4 is 16.9 Å². The Morgan fingerprint density at radius 1 is 1.20 bits per heavy atom. The molecule has 0 bridgehead atoms. The first kappa shape index (κ1) is 34.0. The van der Waals surface area contributed by atoms with Gasteiger partial charge in [0, 0.05) is 49.0 Å². The lowest BCUT2D eigenvalue weighted by Gasteiger charge is -2.41. The Bertz CT molecular complexity index is 1920. The number of rotatable bonds is 12. The summed E-state index contributed by atoms with van der Waals surface area (Å²) in [6.07, 6.45) is 1.83. The van der Waals surface area contributed by atoms with Crippen LogP contribution in [0.15, 0.2) is 54.6 Å². The SMILES string of the molecule is CC(C)(CCO)NC(=O)c1ccc2nc(CN3CC[C@]4(c5cccc(OCc6ccc(C#N)cc6F)n5)OCO[C@@H]4C3)n(C[C@@H]3CCO3)c2c1. The van der Waals surface area contributed by atoms with Crippen LogP contribution >= 0.6 is 0 Å². The molecular weight excluding hydrogens is 643 g/mol. The number of nitriles is 1. The highest BCUT2D eigenvalue weighted by Gasteiger charge is 2.51. The Labute approximate surface area is 289 Å². The lowest BCUT2D eigenvalue weighted by Crippen LogP contribution is -2.52. The fourth-order valence-electron chi connectivity index (χ4n) is 6.85. The van der Waals surface area contributed by atoms with Crippen LogP contribution in [0.25, 0.3) is 11.0 Å². The van der Waals surface area contributed by atoms with Crippen LogP contribution in [-0.2, 0) is 39.5 Å². The maximum Gasteiger partial charge on any atom is 0.251 e. The van der Waals surface area contributed by atoms with Crippen molar-refractivity contribution in [1.82, 2.24) is 24.8 Å². The van der Waals surface area contributed by atoms with Gasteiger partial charge in [0.1, 0.15) is 36.7 Å². The molecule has 3 aliphatic heterocycles. The summed E-state index contributed by atoms with van der Waals surface area (Å²) in [6.45, 7) is 7.09. The molecule has 1 amide bonds. The molecule has 3 fully saturated rings. The first-order valence-electron chi connectivity index (χ1n) is 17.0. The number of aromatic nitrogens is 3. The molecule has 0 aliphatic carbocycles. The van der Waals surface area contributed by atoms with Gasteiger partial charge >= 0.3 is 0 Å². The van der Waals surface area contributed by atoms with Crippen LogP contribution in [0.3, 0.4) is 0 Å². The Balaban J connectivity index is 1.07. The number of nitrogens with one attached hydrogen (secondary N) is 1. The number of hydrogen-bond donors (Lipinski definition) is 2. The zero-order valence-electron chi connectivity index (χ0n) is 28.2. The second-order valence-electron chi connectivity index (χ2n) is 13.8. The van der Waals surface area contributed by atoms with Gasteiger partial charge in [-0.2, -0.15) is 5.26 Å². The maximum atomic E-state index is 14.4. The van der Waals surface area contributed by atoms with Crippen molar-refractivity contribution in [1.29, 1.82) is 5.26 Å². The van der Waals surface area contributed by atoms with Crippen LogP contribution in [0, 0.1) is 17.1 Å². The lowest BCUT2D eigenvalue weighted by atomic mass is 9.85. The summed E-state index contributed by atoms with van der Waals surface area (Å²) in [7, 11) is 0. The normalized spacial score (nSPS) is 22.1. The predicted octanol–water partition coefficient (Wildman–Crippen LogP) is 4.17. The first-order valence-corrected chi connectivity index (χ1v) is 17.0. The summed E-state index contributed by atoms with van der Waals surface area (Å²) in [4.78, 5) is 25.3. The molecule has 0 radical (unpaired) electrons. The number of halogens is 1. The molecule has 2 N–H and O–H groups in total. The van der Waals surface area contributed by atoms with Crippen molar-refractivity contribution in [2.24, 2.45) is 0 Å². The van der Waals surface area contributed by atoms with E-state index in [1.165, 1.54) is 6.07 Å².